The smallest absolute Gasteiger partial charge is 0.256 e. The van der Waals surface area contributed by atoms with E-state index in [-0.39, 0.29) is 11.9 Å². The second-order valence-electron chi connectivity index (χ2n) is 5.99. The summed E-state index contributed by atoms with van der Waals surface area (Å²) in [7, 11) is 0. The highest BCUT2D eigenvalue weighted by Gasteiger charge is 2.31. The van der Waals surface area contributed by atoms with Gasteiger partial charge in [0.05, 0.1) is 23.8 Å². The molecule has 1 aliphatic rings. The summed E-state index contributed by atoms with van der Waals surface area (Å²) in [6.45, 7) is 1.53. The molecule has 6 heteroatoms. The summed E-state index contributed by atoms with van der Waals surface area (Å²) in [5.74, 6) is 0.0655. The first kappa shape index (κ1) is 14.7. The van der Waals surface area contributed by atoms with Gasteiger partial charge in [0.2, 0.25) is 0 Å². The summed E-state index contributed by atoms with van der Waals surface area (Å²) in [5.41, 5.74) is 1.51. The maximum Gasteiger partial charge on any atom is 0.256 e. The van der Waals surface area contributed by atoms with Gasteiger partial charge in [-0.2, -0.15) is 10.2 Å². The molecule has 1 aromatic carbocycles. The summed E-state index contributed by atoms with van der Waals surface area (Å²) in [6.07, 6.45) is 9.33. The molecule has 0 aliphatic carbocycles. The summed E-state index contributed by atoms with van der Waals surface area (Å²) in [6, 6.07) is 11.6. The van der Waals surface area contributed by atoms with Gasteiger partial charge in [0.15, 0.2) is 0 Å². The topological polar surface area (TPSA) is 56.0 Å². The molecule has 3 aromatic rings. The van der Waals surface area contributed by atoms with Gasteiger partial charge < -0.3 is 4.90 Å². The lowest BCUT2D eigenvalue weighted by atomic mass is 10.1. The predicted molar refractivity (Wildman–Crippen MR) is 89.8 cm³/mol. The Kier molecular flexibility index (Phi) is 3.86. The van der Waals surface area contributed by atoms with E-state index in [9.17, 15) is 4.79 Å². The molecule has 1 amide bonds. The third kappa shape index (κ3) is 2.71. The number of likely N-dealkylation sites (tertiary alicyclic amines) is 1. The zero-order valence-electron chi connectivity index (χ0n) is 13.3. The Hall–Kier alpha value is -2.89. The summed E-state index contributed by atoms with van der Waals surface area (Å²) in [5, 5.41) is 8.54. The first-order valence-electron chi connectivity index (χ1n) is 8.20. The molecule has 1 saturated heterocycles. The average molecular weight is 321 g/mol. The zero-order valence-corrected chi connectivity index (χ0v) is 13.3. The molecular weight excluding hydrogens is 302 g/mol. The number of carbonyl (C=O) groups excluding carboxylic acids is 1. The van der Waals surface area contributed by atoms with Crippen LogP contribution in [0.4, 0.5) is 0 Å². The lowest BCUT2D eigenvalue weighted by Crippen LogP contribution is -2.38. The van der Waals surface area contributed by atoms with Gasteiger partial charge in [-0.25, -0.2) is 4.68 Å². The number of amides is 1. The maximum atomic E-state index is 13.2. The third-order valence-electron chi connectivity index (χ3n) is 4.48. The average Bonchev–Trinajstić information content (AvgIpc) is 3.37. The number of nitrogens with zero attached hydrogens (tertiary/aromatic N) is 5. The lowest BCUT2D eigenvalue weighted by Gasteiger charge is -2.25. The van der Waals surface area contributed by atoms with Crippen molar-refractivity contribution in [3.63, 3.8) is 0 Å². The van der Waals surface area contributed by atoms with Gasteiger partial charge in [-0.3, -0.25) is 9.48 Å². The maximum absolute atomic E-state index is 13.2. The second kappa shape index (κ2) is 6.31. The molecule has 6 nitrogen and oxygen atoms in total. The Morgan fingerprint density at radius 1 is 1.08 bits per heavy atom. The van der Waals surface area contributed by atoms with Gasteiger partial charge in [-0.05, 0) is 37.1 Å². The van der Waals surface area contributed by atoms with Crippen molar-refractivity contribution in [3.8, 4) is 5.69 Å². The van der Waals surface area contributed by atoms with Crippen LogP contribution in [0, 0.1) is 0 Å². The van der Waals surface area contributed by atoms with Gasteiger partial charge in [0.25, 0.3) is 5.91 Å². The zero-order chi connectivity index (χ0) is 16.4. The number of para-hydroxylation sites is 1. The minimum Gasteiger partial charge on any atom is -0.334 e. The van der Waals surface area contributed by atoms with Crippen molar-refractivity contribution in [1.29, 1.82) is 0 Å². The molecule has 0 spiro atoms. The van der Waals surface area contributed by atoms with Crippen LogP contribution >= 0.6 is 0 Å². The minimum atomic E-state index is 0.0655. The number of carbonyl (C=O) groups is 1. The van der Waals surface area contributed by atoms with Crippen LogP contribution in [0.15, 0.2) is 61.2 Å². The monoisotopic (exact) mass is 321 g/mol. The van der Waals surface area contributed by atoms with E-state index in [1.165, 1.54) is 0 Å². The van der Waals surface area contributed by atoms with E-state index in [2.05, 4.69) is 10.2 Å². The Labute approximate surface area is 140 Å². The molecule has 24 heavy (non-hydrogen) atoms. The second-order valence-corrected chi connectivity index (χ2v) is 5.99. The number of benzene rings is 1. The van der Waals surface area contributed by atoms with Crippen LogP contribution in [0.1, 0.15) is 23.2 Å². The summed E-state index contributed by atoms with van der Waals surface area (Å²) < 4.78 is 3.64. The van der Waals surface area contributed by atoms with Crippen LogP contribution in [0.25, 0.3) is 5.69 Å². The highest BCUT2D eigenvalue weighted by Crippen LogP contribution is 2.24. The number of hydrogen-bond acceptors (Lipinski definition) is 3. The van der Waals surface area contributed by atoms with E-state index in [0.717, 1.165) is 31.6 Å². The van der Waals surface area contributed by atoms with Gasteiger partial charge in [0, 0.05) is 31.3 Å². The number of hydrogen-bond donors (Lipinski definition) is 0. The van der Waals surface area contributed by atoms with Crippen molar-refractivity contribution in [2.24, 2.45) is 0 Å². The molecule has 0 radical (unpaired) electrons. The van der Waals surface area contributed by atoms with E-state index >= 15 is 0 Å². The molecular formula is C18H19N5O. The van der Waals surface area contributed by atoms with E-state index in [1.807, 2.05) is 58.4 Å². The SMILES string of the molecule is O=C(c1ccccc1-n1cccn1)N1CCC[C@@H]1Cn1cccn1. The fourth-order valence-corrected chi connectivity index (χ4v) is 3.34. The standard InChI is InChI=1S/C18H19N5O/c24-18(16-7-1-2-8-17(16)23-13-5-10-20-23)22-12-3-6-15(22)14-21-11-4-9-19-21/h1-2,4-5,7-11,13,15H,3,6,12,14H2/t15-/m1/s1. The largest absolute Gasteiger partial charge is 0.334 e. The van der Waals surface area contributed by atoms with E-state index in [4.69, 9.17) is 0 Å². The van der Waals surface area contributed by atoms with Crippen LogP contribution in [0.5, 0.6) is 0 Å². The molecule has 0 saturated carbocycles. The van der Waals surface area contributed by atoms with Crippen molar-refractivity contribution in [2.45, 2.75) is 25.4 Å². The van der Waals surface area contributed by atoms with Crippen molar-refractivity contribution in [3.05, 3.63) is 66.7 Å². The molecule has 0 unspecified atom stereocenters. The van der Waals surface area contributed by atoms with Gasteiger partial charge in [-0.1, -0.05) is 12.1 Å². The Morgan fingerprint density at radius 2 is 1.92 bits per heavy atom. The molecule has 2 aromatic heterocycles. The van der Waals surface area contributed by atoms with Gasteiger partial charge in [-0.15, -0.1) is 0 Å². The predicted octanol–water partition coefficient (Wildman–Crippen LogP) is 2.37. The van der Waals surface area contributed by atoms with Crippen molar-refractivity contribution >= 4 is 5.91 Å². The highest BCUT2D eigenvalue weighted by atomic mass is 16.2. The van der Waals surface area contributed by atoms with Crippen LogP contribution in [0.2, 0.25) is 0 Å². The van der Waals surface area contributed by atoms with Crippen LogP contribution in [0.3, 0.4) is 0 Å². The quantitative estimate of drug-likeness (QED) is 0.741. The minimum absolute atomic E-state index is 0.0655. The van der Waals surface area contributed by atoms with E-state index in [1.54, 1.807) is 17.1 Å². The molecule has 3 heterocycles. The van der Waals surface area contributed by atoms with E-state index < -0.39 is 0 Å². The van der Waals surface area contributed by atoms with Crippen LogP contribution in [-0.2, 0) is 6.54 Å². The molecule has 1 aliphatic heterocycles. The van der Waals surface area contributed by atoms with E-state index in [0.29, 0.717) is 5.56 Å². The Morgan fingerprint density at radius 3 is 2.71 bits per heavy atom. The fraction of sp³-hybridized carbons (Fsp3) is 0.278. The molecule has 1 fully saturated rings. The first-order valence-corrected chi connectivity index (χ1v) is 8.20. The summed E-state index contributed by atoms with van der Waals surface area (Å²) in [4.78, 5) is 15.1. The van der Waals surface area contributed by atoms with Gasteiger partial charge in [0.1, 0.15) is 0 Å². The third-order valence-corrected chi connectivity index (χ3v) is 4.48. The van der Waals surface area contributed by atoms with Crippen molar-refractivity contribution < 1.29 is 4.79 Å². The fourth-order valence-electron chi connectivity index (χ4n) is 3.34. The Bertz CT molecular complexity index is 810. The molecule has 1 atom stereocenters. The molecule has 0 N–H and O–H groups in total. The normalized spacial score (nSPS) is 17.3. The molecule has 122 valence electrons. The van der Waals surface area contributed by atoms with Crippen LogP contribution in [-0.4, -0.2) is 43.0 Å². The Balaban J connectivity index is 1.61. The summed E-state index contributed by atoms with van der Waals surface area (Å²) >= 11 is 0. The van der Waals surface area contributed by atoms with Gasteiger partial charge >= 0.3 is 0 Å². The highest BCUT2D eigenvalue weighted by molar-refractivity contribution is 5.98. The molecule has 4 rings (SSSR count). The van der Waals surface area contributed by atoms with Crippen molar-refractivity contribution in [2.75, 3.05) is 6.54 Å². The number of rotatable bonds is 4. The lowest BCUT2D eigenvalue weighted by molar-refractivity contribution is 0.0721. The first-order chi connectivity index (χ1) is 11.8. The van der Waals surface area contributed by atoms with Crippen molar-refractivity contribution in [1.82, 2.24) is 24.5 Å². The van der Waals surface area contributed by atoms with Crippen LogP contribution < -0.4 is 0 Å². The number of aromatic nitrogens is 4. The molecule has 0 bridgehead atoms.